The number of rotatable bonds is 3. The normalized spacial score (nSPS) is 11.9. The molecule has 0 bridgehead atoms. The SMILES string of the molecule is CC(=CCCN)c1c(F)cccc1F. The molecule has 3 heteroatoms. The van der Waals surface area contributed by atoms with Crippen LogP contribution >= 0.6 is 0 Å². The molecule has 0 radical (unpaired) electrons. The van der Waals surface area contributed by atoms with E-state index in [-0.39, 0.29) is 5.56 Å². The summed E-state index contributed by atoms with van der Waals surface area (Å²) in [5.74, 6) is -1.06. The lowest BCUT2D eigenvalue weighted by Crippen LogP contribution is -1.97. The lowest BCUT2D eigenvalue weighted by molar-refractivity contribution is 0.576. The van der Waals surface area contributed by atoms with Crippen LogP contribution in [0.5, 0.6) is 0 Å². The van der Waals surface area contributed by atoms with Crippen molar-refractivity contribution >= 4 is 5.57 Å². The van der Waals surface area contributed by atoms with Gasteiger partial charge in [-0.1, -0.05) is 12.1 Å². The van der Waals surface area contributed by atoms with Crippen molar-refractivity contribution in [3.63, 3.8) is 0 Å². The summed E-state index contributed by atoms with van der Waals surface area (Å²) in [6.45, 7) is 2.16. The van der Waals surface area contributed by atoms with Gasteiger partial charge in [0.15, 0.2) is 0 Å². The lowest BCUT2D eigenvalue weighted by atomic mass is 10.1. The van der Waals surface area contributed by atoms with E-state index in [0.29, 0.717) is 18.5 Å². The van der Waals surface area contributed by atoms with Gasteiger partial charge in [0.05, 0.1) is 0 Å². The molecule has 0 atom stereocenters. The Morgan fingerprint density at radius 2 is 1.93 bits per heavy atom. The van der Waals surface area contributed by atoms with Crippen molar-refractivity contribution < 1.29 is 8.78 Å². The van der Waals surface area contributed by atoms with E-state index in [1.54, 1.807) is 13.0 Å². The molecule has 0 unspecified atom stereocenters. The minimum atomic E-state index is -0.532. The van der Waals surface area contributed by atoms with Gasteiger partial charge in [0.25, 0.3) is 0 Å². The van der Waals surface area contributed by atoms with Crippen LogP contribution < -0.4 is 5.73 Å². The second-order valence-electron chi connectivity index (χ2n) is 3.06. The van der Waals surface area contributed by atoms with E-state index in [1.807, 2.05) is 0 Å². The summed E-state index contributed by atoms with van der Waals surface area (Å²) in [6, 6.07) is 3.85. The highest BCUT2D eigenvalue weighted by Crippen LogP contribution is 2.21. The largest absolute Gasteiger partial charge is 0.330 e. The Bertz CT molecular complexity index is 325. The minimum absolute atomic E-state index is 0.0425. The highest BCUT2D eigenvalue weighted by Gasteiger charge is 2.08. The number of allylic oxidation sites excluding steroid dienone is 1. The summed E-state index contributed by atoms with van der Waals surface area (Å²) in [5, 5.41) is 0. The molecular formula is C11H13F2N. The van der Waals surface area contributed by atoms with Crippen LogP contribution in [0.4, 0.5) is 8.78 Å². The smallest absolute Gasteiger partial charge is 0.133 e. The van der Waals surface area contributed by atoms with Crippen LogP contribution in [0, 0.1) is 11.6 Å². The van der Waals surface area contributed by atoms with Gasteiger partial charge in [-0.3, -0.25) is 0 Å². The van der Waals surface area contributed by atoms with Crippen molar-refractivity contribution in [3.05, 3.63) is 41.5 Å². The van der Waals surface area contributed by atoms with E-state index in [9.17, 15) is 8.78 Å². The fourth-order valence-electron chi connectivity index (χ4n) is 1.28. The molecule has 1 aromatic rings. The predicted octanol–water partition coefficient (Wildman–Crippen LogP) is 2.72. The van der Waals surface area contributed by atoms with Gasteiger partial charge in [-0.2, -0.15) is 0 Å². The molecule has 1 nitrogen and oxygen atoms in total. The summed E-state index contributed by atoms with van der Waals surface area (Å²) in [5.41, 5.74) is 5.93. The first-order valence-electron chi connectivity index (χ1n) is 4.48. The van der Waals surface area contributed by atoms with Crippen LogP contribution in [0.3, 0.4) is 0 Å². The second kappa shape index (κ2) is 4.86. The van der Waals surface area contributed by atoms with Gasteiger partial charge in [-0.05, 0) is 37.6 Å². The molecule has 76 valence electrons. The van der Waals surface area contributed by atoms with Crippen LogP contribution in [0.2, 0.25) is 0 Å². The molecular weight excluding hydrogens is 184 g/mol. The number of hydrogen-bond acceptors (Lipinski definition) is 1. The zero-order valence-electron chi connectivity index (χ0n) is 8.06. The van der Waals surface area contributed by atoms with E-state index in [1.165, 1.54) is 18.2 Å². The Labute approximate surface area is 82.2 Å². The molecule has 14 heavy (non-hydrogen) atoms. The van der Waals surface area contributed by atoms with Crippen molar-refractivity contribution in [2.45, 2.75) is 13.3 Å². The first-order chi connectivity index (χ1) is 6.66. The Hall–Kier alpha value is -1.22. The Balaban J connectivity index is 3.05. The van der Waals surface area contributed by atoms with Gasteiger partial charge in [0.2, 0.25) is 0 Å². The molecule has 0 fully saturated rings. The van der Waals surface area contributed by atoms with Gasteiger partial charge in [0.1, 0.15) is 11.6 Å². The number of benzene rings is 1. The third-order valence-electron chi connectivity index (χ3n) is 1.97. The number of hydrogen-bond donors (Lipinski definition) is 1. The zero-order chi connectivity index (χ0) is 10.6. The van der Waals surface area contributed by atoms with Gasteiger partial charge < -0.3 is 5.73 Å². The average molecular weight is 197 g/mol. The molecule has 1 rings (SSSR count). The molecule has 0 spiro atoms. The molecule has 0 aliphatic carbocycles. The van der Waals surface area contributed by atoms with Crippen molar-refractivity contribution in [2.24, 2.45) is 5.73 Å². The maximum atomic E-state index is 13.2. The van der Waals surface area contributed by atoms with E-state index < -0.39 is 11.6 Å². The van der Waals surface area contributed by atoms with Gasteiger partial charge in [-0.15, -0.1) is 0 Å². The van der Waals surface area contributed by atoms with E-state index in [4.69, 9.17) is 5.73 Å². The van der Waals surface area contributed by atoms with Gasteiger partial charge >= 0.3 is 0 Å². The highest BCUT2D eigenvalue weighted by atomic mass is 19.1. The molecule has 0 amide bonds. The summed E-state index contributed by atoms with van der Waals surface area (Å²) < 4.78 is 26.4. The molecule has 0 saturated heterocycles. The van der Waals surface area contributed by atoms with Crippen LogP contribution in [-0.4, -0.2) is 6.54 Å². The number of halogens is 2. The van der Waals surface area contributed by atoms with E-state index in [2.05, 4.69) is 0 Å². The Kier molecular flexibility index (Phi) is 3.77. The van der Waals surface area contributed by atoms with Crippen LogP contribution in [0.15, 0.2) is 24.3 Å². The maximum absolute atomic E-state index is 13.2. The predicted molar refractivity (Wildman–Crippen MR) is 53.7 cm³/mol. The monoisotopic (exact) mass is 197 g/mol. The van der Waals surface area contributed by atoms with Crippen LogP contribution in [0.25, 0.3) is 5.57 Å². The van der Waals surface area contributed by atoms with Crippen LogP contribution in [-0.2, 0) is 0 Å². The van der Waals surface area contributed by atoms with Gasteiger partial charge in [0, 0.05) is 5.56 Å². The fraction of sp³-hybridized carbons (Fsp3) is 0.273. The standard InChI is InChI=1S/C11H13F2N/c1-8(4-3-7-14)11-9(12)5-2-6-10(11)13/h2,4-6H,3,7,14H2,1H3. The topological polar surface area (TPSA) is 26.0 Å². The van der Waals surface area contributed by atoms with Crippen molar-refractivity contribution in [2.75, 3.05) is 6.54 Å². The van der Waals surface area contributed by atoms with Gasteiger partial charge in [-0.25, -0.2) is 8.78 Å². The Morgan fingerprint density at radius 3 is 2.43 bits per heavy atom. The van der Waals surface area contributed by atoms with E-state index in [0.717, 1.165) is 0 Å². The molecule has 2 N–H and O–H groups in total. The first kappa shape index (κ1) is 10.9. The Morgan fingerprint density at radius 1 is 1.36 bits per heavy atom. The molecule has 0 saturated carbocycles. The van der Waals surface area contributed by atoms with Crippen molar-refractivity contribution in [3.8, 4) is 0 Å². The highest BCUT2D eigenvalue weighted by molar-refractivity contribution is 5.64. The summed E-state index contributed by atoms with van der Waals surface area (Å²) >= 11 is 0. The summed E-state index contributed by atoms with van der Waals surface area (Å²) in [6.07, 6.45) is 2.36. The quantitative estimate of drug-likeness (QED) is 0.792. The third-order valence-corrected chi connectivity index (χ3v) is 1.97. The second-order valence-corrected chi connectivity index (χ2v) is 3.06. The minimum Gasteiger partial charge on any atom is -0.330 e. The number of nitrogens with two attached hydrogens (primary N) is 1. The molecule has 0 aliphatic rings. The molecule has 0 heterocycles. The fourth-order valence-corrected chi connectivity index (χ4v) is 1.28. The summed E-state index contributed by atoms with van der Waals surface area (Å²) in [4.78, 5) is 0. The lowest BCUT2D eigenvalue weighted by Gasteiger charge is -2.04. The van der Waals surface area contributed by atoms with Crippen molar-refractivity contribution in [1.82, 2.24) is 0 Å². The summed E-state index contributed by atoms with van der Waals surface area (Å²) in [7, 11) is 0. The van der Waals surface area contributed by atoms with Crippen molar-refractivity contribution in [1.29, 1.82) is 0 Å². The first-order valence-corrected chi connectivity index (χ1v) is 4.48. The zero-order valence-corrected chi connectivity index (χ0v) is 8.06. The van der Waals surface area contributed by atoms with Crippen LogP contribution in [0.1, 0.15) is 18.9 Å². The molecule has 1 aromatic carbocycles. The third kappa shape index (κ3) is 2.39. The maximum Gasteiger partial charge on any atom is 0.133 e. The average Bonchev–Trinajstić information content (AvgIpc) is 2.14. The molecule has 0 aromatic heterocycles. The van der Waals surface area contributed by atoms with E-state index >= 15 is 0 Å². The molecule has 0 aliphatic heterocycles.